The maximum absolute atomic E-state index is 13.0. The van der Waals surface area contributed by atoms with Gasteiger partial charge in [0.2, 0.25) is 0 Å². The van der Waals surface area contributed by atoms with Crippen molar-refractivity contribution in [1.29, 1.82) is 0 Å². The Morgan fingerprint density at radius 2 is 2.11 bits per heavy atom. The number of ether oxygens (including phenoxy) is 1. The molecule has 0 radical (unpaired) electrons. The van der Waals surface area contributed by atoms with Crippen molar-refractivity contribution in [2.24, 2.45) is 5.16 Å². The van der Waals surface area contributed by atoms with Gasteiger partial charge >= 0.3 is 0 Å². The molecule has 0 saturated carbocycles. The summed E-state index contributed by atoms with van der Waals surface area (Å²) in [6.45, 7) is 0.282. The van der Waals surface area contributed by atoms with Crippen molar-refractivity contribution in [1.82, 2.24) is 0 Å². The summed E-state index contributed by atoms with van der Waals surface area (Å²) < 4.78 is 19.3. The van der Waals surface area contributed by atoms with E-state index in [1.807, 2.05) is 0 Å². The summed E-state index contributed by atoms with van der Waals surface area (Å²) in [5, 5.41) is 11.4. The lowest BCUT2D eigenvalue weighted by atomic mass is 10.2. The molecule has 19 heavy (non-hydrogen) atoms. The lowest BCUT2D eigenvalue weighted by Crippen LogP contribution is -1.97. The van der Waals surface area contributed by atoms with Crippen molar-refractivity contribution in [3.63, 3.8) is 0 Å². The van der Waals surface area contributed by atoms with Crippen LogP contribution in [0.15, 0.2) is 52.1 Å². The van der Waals surface area contributed by atoms with E-state index >= 15 is 0 Å². The monoisotopic (exact) mass is 323 g/mol. The number of benzene rings is 2. The highest BCUT2D eigenvalue weighted by Crippen LogP contribution is 2.26. The number of hydrogen-bond acceptors (Lipinski definition) is 3. The highest BCUT2D eigenvalue weighted by atomic mass is 79.9. The van der Waals surface area contributed by atoms with Gasteiger partial charge in [0.1, 0.15) is 18.2 Å². The summed E-state index contributed by atoms with van der Waals surface area (Å²) in [5.41, 5.74) is 1.50. The van der Waals surface area contributed by atoms with Crippen LogP contribution in [0.25, 0.3) is 0 Å². The summed E-state index contributed by atoms with van der Waals surface area (Å²) in [5.74, 6) is 0.356. The summed E-state index contributed by atoms with van der Waals surface area (Å²) in [4.78, 5) is 0. The predicted octanol–water partition coefficient (Wildman–Crippen LogP) is 3.98. The Morgan fingerprint density at radius 1 is 1.26 bits per heavy atom. The Balaban J connectivity index is 2.07. The van der Waals surface area contributed by atoms with Gasteiger partial charge in [-0.25, -0.2) is 4.39 Å². The molecule has 5 heteroatoms. The second kappa shape index (κ2) is 6.33. The Kier molecular flexibility index (Phi) is 4.52. The van der Waals surface area contributed by atoms with Crippen molar-refractivity contribution in [3.05, 3.63) is 63.9 Å². The van der Waals surface area contributed by atoms with E-state index in [1.165, 1.54) is 18.3 Å². The molecular weight excluding hydrogens is 313 g/mol. The van der Waals surface area contributed by atoms with Crippen LogP contribution in [-0.2, 0) is 6.61 Å². The maximum atomic E-state index is 13.0. The van der Waals surface area contributed by atoms with Crippen LogP contribution in [0, 0.1) is 5.82 Å². The molecule has 0 aliphatic rings. The molecule has 0 saturated heterocycles. The van der Waals surface area contributed by atoms with Gasteiger partial charge in [0.15, 0.2) is 0 Å². The normalized spacial score (nSPS) is 10.8. The number of hydrogen-bond donors (Lipinski definition) is 1. The van der Waals surface area contributed by atoms with Crippen LogP contribution < -0.4 is 4.74 Å². The van der Waals surface area contributed by atoms with Crippen LogP contribution in [0.4, 0.5) is 4.39 Å². The van der Waals surface area contributed by atoms with Crippen LogP contribution in [0.1, 0.15) is 11.1 Å². The molecule has 0 fully saturated rings. The molecule has 0 bridgehead atoms. The number of nitrogens with zero attached hydrogens (tertiary/aromatic N) is 1. The molecule has 0 unspecified atom stereocenters. The fourth-order valence-electron chi connectivity index (χ4n) is 1.57. The second-order valence-electron chi connectivity index (χ2n) is 3.85. The standard InChI is InChI=1S/C14H11BrFNO2/c15-13-7-10(8-17-18)4-5-14(13)19-9-11-2-1-3-12(16)6-11/h1-8,18H,9H2/b17-8-. The highest BCUT2D eigenvalue weighted by Gasteiger charge is 2.03. The van der Waals surface area contributed by atoms with Gasteiger partial charge in [0.25, 0.3) is 0 Å². The Hall–Kier alpha value is -1.88. The van der Waals surface area contributed by atoms with Crippen LogP contribution in [-0.4, -0.2) is 11.4 Å². The zero-order valence-electron chi connectivity index (χ0n) is 9.88. The lowest BCUT2D eigenvalue weighted by Gasteiger charge is -2.08. The zero-order chi connectivity index (χ0) is 13.7. The SMILES string of the molecule is O/N=C\c1ccc(OCc2cccc(F)c2)c(Br)c1. The van der Waals surface area contributed by atoms with Gasteiger partial charge in [-0.3, -0.25) is 0 Å². The second-order valence-corrected chi connectivity index (χ2v) is 4.71. The van der Waals surface area contributed by atoms with E-state index in [-0.39, 0.29) is 12.4 Å². The van der Waals surface area contributed by atoms with Crippen LogP contribution in [0.3, 0.4) is 0 Å². The predicted molar refractivity (Wildman–Crippen MR) is 74.3 cm³/mol. The number of rotatable bonds is 4. The van der Waals surface area contributed by atoms with Gasteiger partial charge in [0.05, 0.1) is 10.7 Å². The van der Waals surface area contributed by atoms with Gasteiger partial charge in [-0.1, -0.05) is 17.3 Å². The Bertz CT molecular complexity index is 602. The molecule has 98 valence electrons. The highest BCUT2D eigenvalue weighted by molar-refractivity contribution is 9.10. The smallest absolute Gasteiger partial charge is 0.134 e. The van der Waals surface area contributed by atoms with E-state index in [1.54, 1.807) is 30.3 Å². The van der Waals surface area contributed by atoms with E-state index in [9.17, 15) is 4.39 Å². The Morgan fingerprint density at radius 3 is 2.79 bits per heavy atom. The van der Waals surface area contributed by atoms with Crippen molar-refractivity contribution in [3.8, 4) is 5.75 Å². The molecular formula is C14H11BrFNO2. The van der Waals surface area contributed by atoms with E-state index in [0.29, 0.717) is 5.75 Å². The number of halogens is 2. The summed E-state index contributed by atoms with van der Waals surface area (Å²) >= 11 is 3.36. The molecule has 3 nitrogen and oxygen atoms in total. The third kappa shape index (κ3) is 3.79. The molecule has 2 rings (SSSR count). The fourth-order valence-corrected chi connectivity index (χ4v) is 2.08. The quantitative estimate of drug-likeness (QED) is 0.525. The van der Waals surface area contributed by atoms with Gasteiger partial charge in [-0.2, -0.15) is 0 Å². The molecule has 0 spiro atoms. The minimum absolute atomic E-state index is 0.282. The van der Waals surface area contributed by atoms with Crippen LogP contribution >= 0.6 is 15.9 Å². The maximum Gasteiger partial charge on any atom is 0.134 e. The third-order valence-electron chi connectivity index (χ3n) is 2.45. The average Bonchev–Trinajstić information content (AvgIpc) is 2.38. The van der Waals surface area contributed by atoms with Crippen molar-refractivity contribution in [2.75, 3.05) is 0 Å². The van der Waals surface area contributed by atoms with E-state index < -0.39 is 0 Å². The van der Waals surface area contributed by atoms with E-state index in [4.69, 9.17) is 9.94 Å². The van der Waals surface area contributed by atoms with Crippen molar-refractivity contribution in [2.45, 2.75) is 6.61 Å². The number of oxime groups is 1. The van der Waals surface area contributed by atoms with Crippen molar-refractivity contribution < 1.29 is 14.3 Å². The Labute approximate surface area is 118 Å². The largest absolute Gasteiger partial charge is 0.488 e. The minimum atomic E-state index is -0.283. The molecule has 0 aliphatic carbocycles. The lowest BCUT2D eigenvalue weighted by molar-refractivity contribution is 0.303. The molecule has 0 aromatic heterocycles. The summed E-state index contributed by atoms with van der Waals surface area (Å²) in [6, 6.07) is 11.5. The summed E-state index contributed by atoms with van der Waals surface area (Å²) in [6.07, 6.45) is 1.32. The molecule has 0 aliphatic heterocycles. The van der Waals surface area contributed by atoms with Gasteiger partial charge < -0.3 is 9.94 Å². The van der Waals surface area contributed by atoms with E-state index in [2.05, 4.69) is 21.1 Å². The zero-order valence-corrected chi connectivity index (χ0v) is 11.5. The van der Waals surface area contributed by atoms with Gasteiger partial charge in [0, 0.05) is 0 Å². The molecule has 2 aromatic carbocycles. The summed E-state index contributed by atoms with van der Waals surface area (Å²) in [7, 11) is 0. The van der Waals surface area contributed by atoms with Crippen LogP contribution in [0.2, 0.25) is 0 Å². The first-order valence-corrected chi connectivity index (χ1v) is 6.32. The van der Waals surface area contributed by atoms with Gasteiger partial charge in [-0.15, -0.1) is 0 Å². The van der Waals surface area contributed by atoms with Crippen molar-refractivity contribution >= 4 is 22.1 Å². The molecule has 2 aromatic rings. The fraction of sp³-hybridized carbons (Fsp3) is 0.0714. The topological polar surface area (TPSA) is 41.8 Å². The minimum Gasteiger partial charge on any atom is -0.488 e. The van der Waals surface area contributed by atoms with E-state index in [0.717, 1.165) is 15.6 Å². The first kappa shape index (κ1) is 13.5. The van der Waals surface area contributed by atoms with Crippen LogP contribution in [0.5, 0.6) is 5.75 Å². The molecule has 0 heterocycles. The first-order valence-electron chi connectivity index (χ1n) is 5.53. The molecule has 0 atom stereocenters. The van der Waals surface area contributed by atoms with Gasteiger partial charge in [-0.05, 0) is 57.4 Å². The molecule has 0 amide bonds. The third-order valence-corrected chi connectivity index (χ3v) is 3.07. The molecule has 1 N–H and O–H groups in total. The first-order chi connectivity index (χ1) is 9.19. The average molecular weight is 324 g/mol.